The predicted molar refractivity (Wildman–Crippen MR) is 91.4 cm³/mol. The van der Waals surface area contributed by atoms with Gasteiger partial charge in [-0.2, -0.15) is 0 Å². The zero-order chi connectivity index (χ0) is 15.6. The van der Waals surface area contributed by atoms with Crippen molar-refractivity contribution >= 4 is 33.4 Å². The molecule has 0 aliphatic heterocycles. The van der Waals surface area contributed by atoms with E-state index in [1.807, 2.05) is 60.7 Å². The number of fused-ring (bicyclic) bond motifs is 2. The minimum Gasteiger partial charge on any atom is -0.322 e. The molecule has 0 atom stereocenters. The summed E-state index contributed by atoms with van der Waals surface area (Å²) in [5.74, 6) is -0.146. The quantitative estimate of drug-likeness (QED) is 0.608. The molecule has 0 aliphatic rings. The Hall–Kier alpha value is -3.27. The maximum Gasteiger partial charge on any atom is 0.256 e. The molecule has 0 spiro atoms. The summed E-state index contributed by atoms with van der Waals surface area (Å²) >= 11 is 0. The number of nitrogens with one attached hydrogen (secondary N) is 1. The largest absolute Gasteiger partial charge is 0.322 e. The normalized spacial score (nSPS) is 10.8. The zero-order valence-corrected chi connectivity index (χ0v) is 12.2. The average Bonchev–Trinajstić information content (AvgIpc) is 2.61. The molecule has 2 heterocycles. The molecular weight excluding hydrogens is 286 g/mol. The second-order valence-corrected chi connectivity index (χ2v) is 5.24. The standard InChI is InChI=1S/C19H13N3O/c23-19(16-5-1-7-18-15(16)6-3-11-21-18)22-14-8-9-17-13(12-14)4-2-10-20-17/h1-12H,(H,22,23). The summed E-state index contributed by atoms with van der Waals surface area (Å²) in [7, 11) is 0. The summed E-state index contributed by atoms with van der Waals surface area (Å²) in [5, 5.41) is 4.78. The van der Waals surface area contributed by atoms with Gasteiger partial charge < -0.3 is 5.32 Å². The minimum atomic E-state index is -0.146. The monoisotopic (exact) mass is 299 g/mol. The fourth-order valence-corrected chi connectivity index (χ4v) is 2.65. The number of hydrogen-bond donors (Lipinski definition) is 1. The molecule has 0 fully saturated rings. The first kappa shape index (κ1) is 13.4. The molecule has 0 unspecified atom stereocenters. The lowest BCUT2D eigenvalue weighted by Gasteiger charge is -2.08. The van der Waals surface area contributed by atoms with Crippen molar-refractivity contribution in [1.29, 1.82) is 0 Å². The number of carbonyl (C=O) groups excluding carboxylic acids is 1. The third-order valence-electron chi connectivity index (χ3n) is 3.75. The van der Waals surface area contributed by atoms with Gasteiger partial charge in [-0.25, -0.2) is 0 Å². The second kappa shape index (κ2) is 5.50. The molecule has 1 amide bonds. The Bertz CT molecular complexity index is 1020. The van der Waals surface area contributed by atoms with Gasteiger partial charge in [0.05, 0.1) is 11.0 Å². The predicted octanol–water partition coefficient (Wildman–Crippen LogP) is 4.04. The Kier molecular flexibility index (Phi) is 3.20. The summed E-state index contributed by atoms with van der Waals surface area (Å²) in [6.07, 6.45) is 3.48. The van der Waals surface area contributed by atoms with Crippen molar-refractivity contribution in [2.24, 2.45) is 0 Å². The highest BCUT2D eigenvalue weighted by molar-refractivity contribution is 6.12. The molecule has 0 radical (unpaired) electrons. The van der Waals surface area contributed by atoms with E-state index < -0.39 is 0 Å². The lowest BCUT2D eigenvalue weighted by Crippen LogP contribution is -2.12. The van der Waals surface area contributed by atoms with Gasteiger partial charge in [-0.1, -0.05) is 18.2 Å². The van der Waals surface area contributed by atoms with E-state index in [1.54, 1.807) is 12.4 Å². The summed E-state index contributed by atoms with van der Waals surface area (Å²) in [4.78, 5) is 21.2. The molecule has 1 N–H and O–H groups in total. The zero-order valence-electron chi connectivity index (χ0n) is 12.2. The van der Waals surface area contributed by atoms with E-state index in [1.165, 1.54) is 0 Å². The Balaban J connectivity index is 1.70. The van der Waals surface area contributed by atoms with Gasteiger partial charge in [-0.3, -0.25) is 14.8 Å². The first-order valence-electron chi connectivity index (χ1n) is 7.31. The smallest absolute Gasteiger partial charge is 0.256 e. The number of pyridine rings is 2. The third-order valence-corrected chi connectivity index (χ3v) is 3.75. The lowest BCUT2D eigenvalue weighted by molar-refractivity contribution is 0.102. The van der Waals surface area contributed by atoms with Gasteiger partial charge in [0.2, 0.25) is 0 Å². The fourth-order valence-electron chi connectivity index (χ4n) is 2.65. The van der Waals surface area contributed by atoms with E-state index >= 15 is 0 Å². The maximum absolute atomic E-state index is 12.6. The van der Waals surface area contributed by atoms with Gasteiger partial charge in [-0.05, 0) is 42.5 Å². The van der Waals surface area contributed by atoms with E-state index in [2.05, 4.69) is 15.3 Å². The molecule has 4 nitrogen and oxygen atoms in total. The van der Waals surface area contributed by atoms with Gasteiger partial charge in [0, 0.05) is 34.4 Å². The van der Waals surface area contributed by atoms with E-state index in [9.17, 15) is 4.79 Å². The van der Waals surface area contributed by atoms with Gasteiger partial charge in [0.25, 0.3) is 5.91 Å². The van der Waals surface area contributed by atoms with Crippen molar-refractivity contribution in [3.63, 3.8) is 0 Å². The molecule has 2 aromatic carbocycles. The lowest BCUT2D eigenvalue weighted by atomic mass is 10.1. The minimum absolute atomic E-state index is 0.146. The fraction of sp³-hybridized carbons (Fsp3) is 0. The van der Waals surface area contributed by atoms with Crippen LogP contribution in [-0.2, 0) is 0 Å². The van der Waals surface area contributed by atoms with Crippen molar-refractivity contribution < 1.29 is 4.79 Å². The molecule has 0 bridgehead atoms. The van der Waals surface area contributed by atoms with Crippen LogP contribution in [0.3, 0.4) is 0 Å². The van der Waals surface area contributed by atoms with E-state index in [-0.39, 0.29) is 5.91 Å². The summed E-state index contributed by atoms with van der Waals surface area (Å²) in [5.41, 5.74) is 3.07. The number of benzene rings is 2. The third kappa shape index (κ3) is 2.51. The molecule has 0 saturated carbocycles. The number of aromatic nitrogens is 2. The van der Waals surface area contributed by atoms with Gasteiger partial charge in [0.1, 0.15) is 0 Å². The molecule has 2 aromatic heterocycles. The average molecular weight is 299 g/mol. The van der Waals surface area contributed by atoms with E-state index in [0.29, 0.717) is 5.56 Å². The van der Waals surface area contributed by atoms with Gasteiger partial charge in [0.15, 0.2) is 0 Å². The Morgan fingerprint density at radius 1 is 0.826 bits per heavy atom. The van der Waals surface area contributed by atoms with Gasteiger partial charge >= 0.3 is 0 Å². The summed E-state index contributed by atoms with van der Waals surface area (Å²) < 4.78 is 0. The van der Waals surface area contributed by atoms with Crippen LogP contribution in [0.15, 0.2) is 73.1 Å². The summed E-state index contributed by atoms with van der Waals surface area (Å²) in [6.45, 7) is 0. The van der Waals surface area contributed by atoms with Crippen molar-refractivity contribution in [2.75, 3.05) is 5.32 Å². The first-order valence-corrected chi connectivity index (χ1v) is 7.31. The molecule has 4 aromatic rings. The van der Waals surface area contributed by atoms with Crippen molar-refractivity contribution in [2.45, 2.75) is 0 Å². The Morgan fingerprint density at radius 2 is 1.65 bits per heavy atom. The molecule has 23 heavy (non-hydrogen) atoms. The SMILES string of the molecule is O=C(Nc1ccc2ncccc2c1)c1cccc2ncccc12. The first-order chi connectivity index (χ1) is 11.3. The topological polar surface area (TPSA) is 54.9 Å². The van der Waals surface area contributed by atoms with Crippen LogP contribution >= 0.6 is 0 Å². The molecule has 4 heteroatoms. The number of anilines is 1. The number of hydrogen-bond acceptors (Lipinski definition) is 3. The van der Waals surface area contributed by atoms with Gasteiger partial charge in [-0.15, -0.1) is 0 Å². The van der Waals surface area contributed by atoms with Crippen molar-refractivity contribution in [3.05, 3.63) is 78.6 Å². The van der Waals surface area contributed by atoms with Crippen LogP contribution in [0.2, 0.25) is 0 Å². The number of carbonyl (C=O) groups is 1. The highest BCUT2D eigenvalue weighted by Crippen LogP contribution is 2.20. The molecule has 110 valence electrons. The second-order valence-electron chi connectivity index (χ2n) is 5.24. The summed E-state index contributed by atoms with van der Waals surface area (Å²) in [6, 6.07) is 18.8. The van der Waals surface area contributed by atoms with Crippen LogP contribution in [0.4, 0.5) is 5.69 Å². The van der Waals surface area contributed by atoms with Crippen molar-refractivity contribution in [3.8, 4) is 0 Å². The molecule has 4 rings (SSSR count). The Morgan fingerprint density at radius 3 is 2.57 bits per heavy atom. The molecular formula is C19H13N3O. The highest BCUT2D eigenvalue weighted by Gasteiger charge is 2.10. The van der Waals surface area contributed by atoms with Crippen LogP contribution in [0.25, 0.3) is 21.8 Å². The Labute approximate surface area is 132 Å². The van der Waals surface area contributed by atoms with E-state index in [4.69, 9.17) is 0 Å². The number of nitrogens with zero attached hydrogens (tertiary/aromatic N) is 2. The van der Waals surface area contributed by atoms with Crippen LogP contribution in [0.5, 0.6) is 0 Å². The molecule has 0 saturated heterocycles. The number of rotatable bonds is 2. The highest BCUT2D eigenvalue weighted by atomic mass is 16.1. The number of amides is 1. The molecule has 0 aliphatic carbocycles. The maximum atomic E-state index is 12.6. The van der Waals surface area contributed by atoms with Crippen LogP contribution in [-0.4, -0.2) is 15.9 Å². The van der Waals surface area contributed by atoms with Crippen molar-refractivity contribution in [1.82, 2.24) is 9.97 Å². The van der Waals surface area contributed by atoms with E-state index in [0.717, 1.165) is 27.5 Å². The van der Waals surface area contributed by atoms with Crippen LogP contribution in [0, 0.1) is 0 Å². The van der Waals surface area contributed by atoms with Crippen LogP contribution in [0.1, 0.15) is 10.4 Å². The van der Waals surface area contributed by atoms with Crippen LogP contribution < -0.4 is 5.32 Å².